The number of carbonyl (C=O) groups is 4. The first-order chi connectivity index (χ1) is 17.2. The third kappa shape index (κ3) is 3.55. The van der Waals surface area contributed by atoms with Crippen molar-refractivity contribution in [1.82, 2.24) is 0 Å². The van der Waals surface area contributed by atoms with Gasteiger partial charge in [0.05, 0.1) is 23.4 Å². The molecule has 2 aliphatic carbocycles. The van der Waals surface area contributed by atoms with Crippen LogP contribution in [0, 0.1) is 50.4 Å². The van der Waals surface area contributed by atoms with E-state index in [1.807, 2.05) is 39.0 Å². The Morgan fingerprint density at radius 2 is 1.53 bits per heavy atom. The summed E-state index contributed by atoms with van der Waals surface area (Å²) in [5.74, 6) is -0.615. The number of hydrogen-bond acceptors (Lipinski definition) is 5. The average molecular weight is 487 g/mol. The van der Waals surface area contributed by atoms with Crippen LogP contribution in [0.5, 0.6) is 5.75 Å². The van der Waals surface area contributed by atoms with E-state index in [-0.39, 0.29) is 42.5 Å². The number of rotatable bonds is 4. The van der Waals surface area contributed by atoms with Gasteiger partial charge in [0, 0.05) is 18.7 Å². The Bertz CT molecular complexity index is 1270. The van der Waals surface area contributed by atoms with Gasteiger partial charge in [0.2, 0.25) is 17.7 Å². The van der Waals surface area contributed by atoms with E-state index in [4.69, 9.17) is 4.74 Å². The summed E-state index contributed by atoms with van der Waals surface area (Å²) < 4.78 is 5.64. The molecule has 7 nitrogen and oxygen atoms in total. The van der Waals surface area contributed by atoms with E-state index >= 15 is 0 Å². The summed E-state index contributed by atoms with van der Waals surface area (Å²) in [6.07, 6.45) is 3.18. The molecule has 0 N–H and O–H groups in total. The van der Waals surface area contributed by atoms with Crippen LogP contribution in [0.2, 0.25) is 0 Å². The number of nitrogens with zero attached hydrogens (tertiary/aromatic N) is 2. The molecule has 7 heteroatoms. The van der Waals surface area contributed by atoms with Crippen LogP contribution in [0.25, 0.3) is 0 Å². The first-order valence-electron chi connectivity index (χ1n) is 12.8. The monoisotopic (exact) mass is 486 g/mol. The molecule has 2 heterocycles. The highest BCUT2D eigenvalue weighted by molar-refractivity contribution is 6.23. The highest BCUT2D eigenvalue weighted by atomic mass is 16.5. The summed E-state index contributed by atoms with van der Waals surface area (Å²) >= 11 is 0. The van der Waals surface area contributed by atoms with Crippen LogP contribution in [0.3, 0.4) is 0 Å². The fraction of sp³-hybridized carbons (Fsp3) is 0.448. The maximum atomic E-state index is 13.2. The third-order valence-electron chi connectivity index (χ3n) is 8.53. The Labute approximate surface area is 210 Å². The quantitative estimate of drug-likeness (QED) is 0.369. The fourth-order valence-electron chi connectivity index (χ4n) is 7.01. The van der Waals surface area contributed by atoms with Crippen LogP contribution < -0.4 is 14.5 Å². The molecule has 186 valence electrons. The lowest BCUT2D eigenvalue weighted by Gasteiger charge is -2.20. The molecule has 2 saturated heterocycles. The van der Waals surface area contributed by atoms with Gasteiger partial charge in [-0.25, -0.2) is 4.90 Å². The first-order valence-corrected chi connectivity index (χ1v) is 12.8. The van der Waals surface area contributed by atoms with Crippen molar-refractivity contribution in [2.45, 2.75) is 46.5 Å². The van der Waals surface area contributed by atoms with Crippen LogP contribution in [-0.2, 0) is 19.2 Å². The van der Waals surface area contributed by atoms with Gasteiger partial charge < -0.3 is 9.64 Å². The van der Waals surface area contributed by atoms with Crippen molar-refractivity contribution in [3.8, 4) is 5.75 Å². The number of hydrogen-bond donors (Lipinski definition) is 0. The van der Waals surface area contributed by atoms with Crippen molar-refractivity contribution in [2.75, 3.05) is 16.3 Å². The van der Waals surface area contributed by atoms with Crippen molar-refractivity contribution >= 4 is 35.1 Å². The average Bonchev–Trinajstić information content (AvgIpc) is 3.58. The van der Waals surface area contributed by atoms with Crippen molar-refractivity contribution in [3.05, 3.63) is 53.1 Å². The number of esters is 1. The van der Waals surface area contributed by atoms with E-state index in [2.05, 4.69) is 0 Å². The number of imide groups is 1. The number of aryl methyl sites for hydroxylation is 3. The number of anilines is 2. The highest BCUT2D eigenvalue weighted by Crippen LogP contribution is 2.56. The number of ether oxygens (including phenoxy) is 1. The molecule has 0 radical (unpaired) electrons. The number of fused-ring (bicyclic) bond motifs is 5. The summed E-state index contributed by atoms with van der Waals surface area (Å²) in [5.41, 5.74) is 4.19. The smallest absolute Gasteiger partial charge is 0.316 e. The van der Waals surface area contributed by atoms with E-state index in [1.165, 1.54) is 4.90 Å². The standard InChI is InChI=1S/C29H30N2O5/c1-15-8-16(2)10-21(9-15)30-14-20(13-24(30)32)29(35)36-22-6-7-23(17(3)11-22)31-27(33)25-18-4-5-19(12-18)26(25)28(31)34/h6-11,18-20,25-26H,4-5,12-14H2,1-3H3/t18-,19-,20+,25-,26+/m0/s1. The normalized spacial score (nSPS) is 28.9. The minimum atomic E-state index is -0.560. The molecule has 4 fully saturated rings. The zero-order valence-corrected chi connectivity index (χ0v) is 20.8. The summed E-state index contributed by atoms with van der Waals surface area (Å²) in [6.45, 7) is 6.06. The van der Waals surface area contributed by atoms with Crippen molar-refractivity contribution in [3.63, 3.8) is 0 Å². The van der Waals surface area contributed by atoms with E-state index in [0.29, 0.717) is 28.8 Å². The molecule has 4 aliphatic rings. The van der Waals surface area contributed by atoms with Gasteiger partial charge in [0.25, 0.3) is 0 Å². The van der Waals surface area contributed by atoms with Gasteiger partial charge in [-0.3, -0.25) is 19.2 Å². The molecule has 2 saturated carbocycles. The second-order valence-corrected chi connectivity index (χ2v) is 11.0. The Morgan fingerprint density at radius 3 is 2.14 bits per heavy atom. The number of benzene rings is 2. The van der Waals surface area contributed by atoms with Crippen molar-refractivity contribution in [1.29, 1.82) is 0 Å². The predicted octanol–water partition coefficient (Wildman–Crippen LogP) is 4.11. The SMILES string of the molecule is Cc1cc(C)cc(N2C[C@H](C(=O)Oc3ccc(N4C(=O)[C@@H]5[C@H]6CC[C@@H](C6)[C@@H]5C4=O)c(C)c3)CC2=O)c1. The summed E-state index contributed by atoms with van der Waals surface area (Å²) in [7, 11) is 0. The Balaban J connectivity index is 1.16. The van der Waals surface area contributed by atoms with Crippen molar-refractivity contribution in [2.24, 2.45) is 29.6 Å². The van der Waals surface area contributed by atoms with Crippen molar-refractivity contribution < 1.29 is 23.9 Å². The minimum Gasteiger partial charge on any atom is -0.426 e. The molecule has 2 aromatic rings. The lowest BCUT2D eigenvalue weighted by molar-refractivity contribution is -0.139. The highest BCUT2D eigenvalue weighted by Gasteiger charge is 2.61. The molecule has 0 unspecified atom stereocenters. The van der Waals surface area contributed by atoms with Gasteiger partial charge in [-0.1, -0.05) is 6.07 Å². The molecule has 2 aromatic carbocycles. The van der Waals surface area contributed by atoms with Crippen LogP contribution in [0.1, 0.15) is 42.4 Å². The summed E-state index contributed by atoms with van der Waals surface area (Å²) in [5, 5.41) is 0. The minimum absolute atomic E-state index is 0.0824. The third-order valence-corrected chi connectivity index (χ3v) is 8.53. The maximum Gasteiger partial charge on any atom is 0.316 e. The molecular weight excluding hydrogens is 456 g/mol. The second kappa shape index (κ2) is 8.29. The van der Waals surface area contributed by atoms with E-state index in [1.54, 1.807) is 23.1 Å². The molecule has 5 atom stereocenters. The van der Waals surface area contributed by atoms with Gasteiger partial charge in [-0.05, 0) is 98.9 Å². The van der Waals surface area contributed by atoms with Crippen LogP contribution in [0.15, 0.2) is 36.4 Å². The zero-order chi connectivity index (χ0) is 25.3. The Morgan fingerprint density at radius 1 is 0.889 bits per heavy atom. The predicted molar refractivity (Wildman–Crippen MR) is 133 cm³/mol. The first kappa shape index (κ1) is 23.0. The molecule has 3 amide bonds. The molecular formula is C29H30N2O5. The van der Waals surface area contributed by atoms with Crippen LogP contribution >= 0.6 is 0 Å². The van der Waals surface area contributed by atoms with Gasteiger partial charge in [-0.2, -0.15) is 0 Å². The lowest BCUT2D eigenvalue weighted by atomic mass is 9.81. The van der Waals surface area contributed by atoms with E-state index in [0.717, 1.165) is 36.1 Å². The van der Waals surface area contributed by atoms with Gasteiger partial charge >= 0.3 is 5.97 Å². The summed E-state index contributed by atoms with van der Waals surface area (Å²) in [4.78, 5) is 54.9. The largest absolute Gasteiger partial charge is 0.426 e. The molecule has 36 heavy (non-hydrogen) atoms. The number of amides is 3. The second-order valence-electron chi connectivity index (χ2n) is 11.0. The molecule has 0 aromatic heterocycles. The zero-order valence-electron chi connectivity index (χ0n) is 20.8. The molecule has 6 rings (SSSR count). The lowest BCUT2D eigenvalue weighted by Crippen LogP contribution is -2.33. The van der Waals surface area contributed by atoms with Gasteiger partial charge in [0.1, 0.15) is 5.75 Å². The maximum absolute atomic E-state index is 13.2. The van der Waals surface area contributed by atoms with E-state index < -0.39 is 11.9 Å². The summed E-state index contributed by atoms with van der Waals surface area (Å²) in [6, 6.07) is 10.9. The topological polar surface area (TPSA) is 84.0 Å². The Kier molecular flexibility index (Phi) is 5.28. The fourth-order valence-corrected chi connectivity index (χ4v) is 7.01. The molecule has 0 spiro atoms. The molecule has 2 aliphatic heterocycles. The van der Waals surface area contributed by atoms with Gasteiger partial charge in [0.15, 0.2) is 0 Å². The number of carbonyl (C=O) groups excluding carboxylic acids is 4. The van der Waals surface area contributed by atoms with Crippen LogP contribution in [0.4, 0.5) is 11.4 Å². The van der Waals surface area contributed by atoms with E-state index in [9.17, 15) is 19.2 Å². The Hall–Kier alpha value is -3.48. The van der Waals surface area contributed by atoms with Gasteiger partial charge in [-0.15, -0.1) is 0 Å². The van der Waals surface area contributed by atoms with Crippen LogP contribution in [-0.4, -0.2) is 30.2 Å². The molecule has 2 bridgehead atoms.